The third-order valence-corrected chi connectivity index (χ3v) is 4.25. The Balaban J connectivity index is 1.88. The third-order valence-electron chi connectivity index (χ3n) is 4.25. The number of aryl methyl sites for hydroxylation is 1. The van der Waals surface area contributed by atoms with Crippen molar-refractivity contribution in [3.8, 4) is 0 Å². The summed E-state index contributed by atoms with van der Waals surface area (Å²) >= 11 is 0. The van der Waals surface area contributed by atoms with Gasteiger partial charge in [0, 0.05) is 12.1 Å². The number of carbonyl (C=O) groups excluding carboxylic acids is 1. The maximum atomic E-state index is 12.4. The van der Waals surface area contributed by atoms with Gasteiger partial charge < -0.3 is 10.6 Å². The van der Waals surface area contributed by atoms with Crippen molar-refractivity contribution in [1.82, 2.24) is 10.6 Å². The Labute approximate surface area is 122 Å². The fourth-order valence-corrected chi connectivity index (χ4v) is 2.63. The van der Waals surface area contributed by atoms with Gasteiger partial charge in [0.1, 0.15) is 0 Å². The van der Waals surface area contributed by atoms with E-state index in [0.29, 0.717) is 0 Å². The van der Waals surface area contributed by atoms with Crippen molar-refractivity contribution in [2.75, 3.05) is 13.1 Å². The monoisotopic (exact) mass is 274 g/mol. The van der Waals surface area contributed by atoms with E-state index in [1.54, 1.807) is 0 Å². The molecule has 3 nitrogen and oxygen atoms in total. The number of carbonyl (C=O) groups is 1. The molecule has 1 saturated heterocycles. The van der Waals surface area contributed by atoms with Gasteiger partial charge in [0.2, 0.25) is 5.91 Å². The number of hydrogen-bond acceptors (Lipinski definition) is 2. The second-order valence-corrected chi connectivity index (χ2v) is 6.81. The van der Waals surface area contributed by atoms with Crippen LogP contribution in [0.4, 0.5) is 0 Å². The van der Waals surface area contributed by atoms with Gasteiger partial charge in [-0.05, 0) is 52.1 Å². The maximum Gasteiger partial charge on any atom is 0.227 e. The average molecular weight is 274 g/mol. The summed E-state index contributed by atoms with van der Waals surface area (Å²) in [5.74, 6) is 0.181. The van der Waals surface area contributed by atoms with E-state index in [1.807, 2.05) is 6.07 Å². The minimum atomic E-state index is -0.246. The topological polar surface area (TPSA) is 41.1 Å². The molecule has 1 aliphatic rings. The van der Waals surface area contributed by atoms with Crippen molar-refractivity contribution in [2.45, 2.75) is 45.6 Å². The van der Waals surface area contributed by atoms with Crippen LogP contribution in [0.15, 0.2) is 30.3 Å². The molecular formula is C17H26N2O. The van der Waals surface area contributed by atoms with Crippen molar-refractivity contribution < 1.29 is 4.79 Å². The van der Waals surface area contributed by atoms with Crippen molar-refractivity contribution in [1.29, 1.82) is 0 Å². The molecule has 0 radical (unpaired) electrons. The number of rotatable bonds is 5. The molecule has 3 heteroatoms. The SMILES string of the molecule is CC(C)(CCc1ccccc1)NC(=O)C1(C)CCNC1. The summed E-state index contributed by atoms with van der Waals surface area (Å²) in [5.41, 5.74) is 0.909. The van der Waals surface area contributed by atoms with Gasteiger partial charge in [-0.15, -0.1) is 0 Å². The minimum absolute atomic E-state index is 0.168. The van der Waals surface area contributed by atoms with E-state index < -0.39 is 0 Å². The molecule has 20 heavy (non-hydrogen) atoms. The number of amides is 1. The maximum absolute atomic E-state index is 12.4. The molecule has 1 heterocycles. The first kappa shape index (κ1) is 15.0. The zero-order valence-electron chi connectivity index (χ0n) is 12.8. The summed E-state index contributed by atoms with van der Waals surface area (Å²) in [6.07, 6.45) is 2.86. The Kier molecular flexibility index (Phi) is 4.48. The Hall–Kier alpha value is -1.35. The number of hydrogen-bond donors (Lipinski definition) is 2. The molecule has 1 amide bonds. The van der Waals surface area contributed by atoms with Crippen LogP contribution >= 0.6 is 0 Å². The zero-order chi connectivity index (χ0) is 14.6. The zero-order valence-corrected chi connectivity index (χ0v) is 12.8. The van der Waals surface area contributed by atoms with Crippen LogP contribution in [0.2, 0.25) is 0 Å². The van der Waals surface area contributed by atoms with Crippen molar-refractivity contribution in [2.24, 2.45) is 5.41 Å². The van der Waals surface area contributed by atoms with Crippen LogP contribution in [0.1, 0.15) is 39.2 Å². The normalized spacial score (nSPS) is 22.8. The first-order valence-electron chi connectivity index (χ1n) is 7.49. The standard InChI is InChI=1S/C17H26N2O/c1-16(2,10-9-14-7-5-4-6-8-14)19-15(20)17(3)11-12-18-13-17/h4-8,18H,9-13H2,1-3H3,(H,19,20). The lowest BCUT2D eigenvalue weighted by Crippen LogP contribution is -2.50. The first-order valence-corrected chi connectivity index (χ1v) is 7.49. The summed E-state index contributed by atoms with van der Waals surface area (Å²) in [6, 6.07) is 10.4. The first-order chi connectivity index (χ1) is 9.41. The Bertz CT molecular complexity index is 447. The molecule has 2 N–H and O–H groups in total. The molecule has 0 aromatic heterocycles. The van der Waals surface area contributed by atoms with E-state index in [4.69, 9.17) is 0 Å². The van der Waals surface area contributed by atoms with Gasteiger partial charge in [0.05, 0.1) is 5.41 Å². The molecule has 1 fully saturated rings. The van der Waals surface area contributed by atoms with Crippen LogP contribution in [-0.4, -0.2) is 24.5 Å². The smallest absolute Gasteiger partial charge is 0.227 e. The molecule has 2 rings (SSSR count). The highest BCUT2D eigenvalue weighted by atomic mass is 16.2. The highest BCUT2D eigenvalue weighted by molar-refractivity contribution is 5.83. The Morgan fingerprint density at radius 1 is 1.35 bits per heavy atom. The van der Waals surface area contributed by atoms with E-state index >= 15 is 0 Å². The van der Waals surface area contributed by atoms with Gasteiger partial charge in [-0.25, -0.2) is 0 Å². The van der Waals surface area contributed by atoms with Crippen molar-refractivity contribution in [3.63, 3.8) is 0 Å². The quantitative estimate of drug-likeness (QED) is 0.866. The number of nitrogens with one attached hydrogen (secondary N) is 2. The van der Waals surface area contributed by atoms with Crippen LogP contribution in [0.25, 0.3) is 0 Å². The predicted molar refractivity (Wildman–Crippen MR) is 82.6 cm³/mol. The highest BCUT2D eigenvalue weighted by Gasteiger charge is 2.38. The van der Waals surface area contributed by atoms with E-state index in [1.165, 1.54) is 5.56 Å². The van der Waals surface area contributed by atoms with Gasteiger partial charge in [0.15, 0.2) is 0 Å². The summed E-state index contributed by atoms with van der Waals surface area (Å²) in [7, 11) is 0. The van der Waals surface area contributed by atoms with Gasteiger partial charge >= 0.3 is 0 Å². The number of benzene rings is 1. The second kappa shape index (κ2) is 5.96. The Morgan fingerprint density at radius 3 is 2.65 bits per heavy atom. The summed E-state index contributed by atoms with van der Waals surface area (Å²) in [4.78, 5) is 12.4. The molecule has 0 bridgehead atoms. The van der Waals surface area contributed by atoms with Gasteiger partial charge in [0.25, 0.3) is 0 Å². The lowest BCUT2D eigenvalue weighted by atomic mass is 9.86. The largest absolute Gasteiger partial charge is 0.351 e. The predicted octanol–water partition coefficient (Wildman–Crippen LogP) is 2.51. The lowest BCUT2D eigenvalue weighted by Gasteiger charge is -2.31. The van der Waals surface area contributed by atoms with E-state index in [2.05, 4.69) is 55.7 Å². The van der Waals surface area contributed by atoms with E-state index in [-0.39, 0.29) is 16.9 Å². The second-order valence-electron chi connectivity index (χ2n) is 6.81. The fraction of sp³-hybridized carbons (Fsp3) is 0.588. The van der Waals surface area contributed by atoms with Crippen molar-refractivity contribution >= 4 is 5.91 Å². The van der Waals surface area contributed by atoms with Crippen molar-refractivity contribution in [3.05, 3.63) is 35.9 Å². The van der Waals surface area contributed by atoms with Gasteiger partial charge in [-0.2, -0.15) is 0 Å². The lowest BCUT2D eigenvalue weighted by molar-refractivity contribution is -0.131. The summed E-state index contributed by atoms with van der Waals surface area (Å²) < 4.78 is 0. The molecule has 1 unspecified atom stereocenters. The molecule has 1 atom stereocenters. The van der Waals surface area contributed by atoms with Crippen LogP contribution in [0.3, 0.4) is 0 Å². The van der Waals surface area contributed by atoms with Gasteiger partial charge in [-0.1, -0.05) is 30.3 Å². The van der Waals surface area contributed by atoms with Crippen LogP contribution in [0, 0.1) is 5.41 Å². The summed E-state index contributed by atoms with van der Waals surface area (Å²) in [6.45, 7) is 8.00. The van der Waals surface area contributed by atoms with Crippen LogP contribution in [-0.2, 0) is 11.2 Å². The minimum Gasteiger partial charge on any atom is -0.351 e. The Morgan fingerprint density at radius 2 is 2.05 bits per heavy atom. The molecule has 0 spiro atoms. The van der Waals surface area contributed by atoms with Gasteiger partial charge in [-0.3, -0.25) is 4.79 Å². The van der Waals surface area contributed by atoms with E-state index in [0.717, 1.165) is 32.4 Å². The molecule has 1 aliphatic heterocycles. The van der Waals surface area contributed by atoms with Crippen LogP contribution < -0.4 is 10.6 Å². The molecule has 110 valence electrons. The molecule has 1 aromatic rings. The van der Waals surface area contributed by atoms with E-state index in [9.17, 15) is 4.79 Å². The molecule has 0 saturated carbocycles. The third kappa shape index (κ3) is 3.83. The fourth-order valence-electron chi connectivity index (χ4n) is 2.63. The molecular weight excluding hydrogens is 248 g/mol. The molecule has 1 aromatic carbocycles. The highest BCUT2D eigenvalue weighted by Crippen LogP contribution is 2.26. The summed E-state index contributed by atoms with van der Waals surface area (Å²) in [5, 5.41) is 6.51. The molecule has 0 aliphatic carbocycles. The van der Waals surface area contributed by atoms with Crippen LogP contribution in [0.5, 0.6) is 0 Å². The average Bonchev–Trinajstić information content (AvgIpc) is 2.86.